The van der Waals surface area contributed by atoms with Gasteiger partial charge in [-0.2, -0.15) is 0 Å². The maximum Gasteiger partial charge on any atom is 0.0447 e. The zero-order valence-corrected chi connectivity index (χ0v) is 10.0. The van der Waals surface area contributed by atoms with Crippen LogP contribution in [-0.2, 0) is 5.41 Å². The number of allylic oxidation sites excluding steroid dienone is 2. The summed E-state index contributed by atoms with van der Waals surface area (Å²) in [6.45, 7) is 6.80. The van der Waals surface area contributed by atoms with Gasteiger partial charge < -0.3 is 4.90 Å². The number of hydrogen-bond acceptors (Lipinski definition) is 1. The lowest BCUT2D eigenvalue weighted by Crippen LogP contribution is -2.22. The molecule has 0 amide bonds. The molecule has 1 aromatic carbocycles. The minimum absolute atomic E-state index is 0.154. The van der Waals surface area contributed by atoms with E-state index in [0.717, 1.165) is 6.42 Å². The van der Waals surface area contributed by atoms with Gasteiger partial charge in [0.15, 0.2) is 0 Å². The van der Waals surface area contributed by atoms with Gasteiger partial charge in [-0.15, -0.1) is 0 Å². The van der Waals surface area contributed by atoms with Gasteiger partial charge >= 0.3 is 0 Å². The molecule has 1 heterocycles. The first kappa shape index (κ1) is 10.3. The van der Waals surface area contributed by atoms with Crippen LogP contribution in [0.3, 0.4) is 0 Å². The average molecular weight is 201 g/mol. The molecule has 80 valence electrons. The van der Waals surface area contributed by atoms with Gasteiger partial charge in [0.05, 0.1) is 0 Å². The topological polar surface area (TPSA) is 3.24 Å². The Hall–Kier alpha value is -1.24. The Balaban J connectivity index is 2.60. The fourth-order valence-corrected chi connectivity index (χ4v) is 2.57. The molecule has 0 radical (unpaired) electrons. The van der Waals surface area contributed by atoms with Crippen LogP contribution < -0.4 is 4.90 Å². The summed E-state index contributed by atoms with van der Waals surface area (Å²) in [5.74, 6) is 0. The van der Waals surface area contributed by atoms with Crippen molar-refractivity contribution in [2.75, 3.05) is 11.9 Å². The minimum atomic E-state index is 0.154. The molecule has 1 nitrogen and oxygen atoms in total. The maximum atomic E-state index is 2.33. The van der Waals surface area contributed by atoms with Gasteiger partial charge in [-0.25, -0.2) is 0 Å². The smallest absolute Gasteiger partial charge is 0.0447 e. The number of likely N-dealkylation sites (N-methyl/N-ethyl adjacent to an activating group) is 1. The summed E-state index contributed by atoms with van der Waals surface area (Å²) in [5, 5.41) is 0. The van der Waals surface area contributed by atoms with Crippen LogP contribution in [0.1, 0.15) is 32.8 Å². The van der Waals surface area contributed by atoms with E-state index in [2.05, 4.69) is 63.1 Å². The third-order valence-electron chi connectivity index (χ3n) is 3.34. The zero-order chi connectivity index (χ0) is 11.1. The van der Waals surface area contributed by atoms with Crippen LogP contribution in [0.4, 0.5) is 5.69 Å². The Labute approximate surface area is 92.4 Å². The highest BCUT2D eigenvalue weighted by molar-refractivity contribution is 5.69. The Morgan fingerprint density at radius 2 is 1.93 bits per heavy atom. The lowest BCUT2D eigenvalue weighted by Gasteiger charge is -2.24. The average Bonchev–Trinajstić information content (AvgIpc) is 2.41. The Kier molecular flexibility index (Phi) is 2.34. The van der Waals surface area contributed by atoms with Crippen molar-refractivity contribution in [2.24, 2.45) is 0 Å². The van der Waals surface area contributed by atoms with Gasteiger partial charge in [0, 0.05) is 23.8 Å². The highest BCUT2D eigenvalue weighted by Crippen LogP contribution is 2.46. The fraction of sp³-hybridized carbons (Fsp3) is 0.429. The van der Waals surface area contributed by atoms with E-state index in [1.54, 1.807) is 0 Å². The molecule has 0 saturated heterocycles. The Bertz CT molecular complexity index is 402. The SMILES string of the molecule is CC/C=C1/N(C)c2ccccc2C1(C)C. The molecule has 0 bridgehead atoms. The Morgan fingerprint density at radius 3 is 2.53 bits per heavy atom. The third kappa shape index (κ3) is 1.38. The van der Waals surface area contributed by atoms with Crippen LogP contribution in [0.15, 0.2) is 36.0 Å². The molecule has 0 unspecified atom stereocenters. The van der Waals surface area contributed by atoms with Gasteiger partial charge in [-0.05, 0) is 18.1 Å². The maximum absolute atomic E-state index is 2.33. The number of fused-ring (bicyclic) bond motifs is 1. The molecule has 1 aliphatic heterocycles. The zero-order valence-electron chi connectivity index (χ0n) is 10.0. The van der Waals surface area contributed by atoms with Crippen LogP contribution >= 0.6 is 0 Å². The van der Waals surface area contributed by atoms with Crippen molar-refractivity contribution in [1.29, 1.82) is 0 Å². The summed E-state index contributed by atoms with van der Waals surface area (Å²) in [4.78, 5) is 2.32. The monoisotopic (exact) mass is 201 g/mol. The van der Waals surface area contributed by atoms with Crippen molar-refractivity contribution in [3.63, 3.8) is 0 Å². The van der Waals surface area contributed by atoms with Crippen molar-refractivity contribution < 1.29 is 0 Å². The molecule has 0 aromatic heterocycles. The summed E-state index contributed by atoms with van der Waals surface area (Å²) < 4.78 is 0. The molecule has 0 atom stereocenters. The van der Waals surface area contributed by atoms with E-state index in [9.17, 15) is 0 Å². The van der Waals surface area contributed by atoms with E-state index >= 15 is 0 Å². The normalized spacial score (nSPS) is 20.8. The molecule has 0 saturated carbocycles. The molecule has 0 N–H and O–H groups in total. The van der Waals surface area contributed by atoms with Gasteiger partial charge in [-0.3, -0.25) is 0 Å². The molecule has 0 aliphatic carbocycles. The van der Waals surface area contributed by atoms with Crippen molar-refractivity contribution in [3.05, 3.63) is 41.6 Å². The highest BCUT2D eigenvalue weighted by atomic mass is 15.2. The number of rotatable bonds is 1. The van der Waals surface area contributed by atoms with E-state index in [0.29, 0.717) is 0 Å². The molecule has 1 aromatic rings. The molecule has 15 heavy (non-hydrogen) atoms. The van der Waals surface area contributed by atoms with Crippen LogP contribution in [-0.4, -0.2) is 7.05 Å². The van der Waals surface area contributed by atoms with Crippen molar-refractivity contribution in [2.45, 2.75) is 32.6 Å². The molecule has 0 spiro atoms. The standard InChI is InChI=1S/C14H19N/c1-5-8-13-14(2,3)11-9-6-7-10-12(11)15(13)4/h6-10H,5H2,1-4H3/b13-8+. The molecular weight excluding hydrogens is 182 g/mol. The van der Waals surface area contributed by atoms with Crippen LogP contribution in [0.2, 0.25) is 0 Å². The van der Waals surface area contributed by atoms with Crippen LogP contribution in [0, 0.1) is 0 Å². The van der Waals surface area contributed by atoms with Crippen molar-refractivity contribution in [3.8, 4) is 0 Å². The predicted octanol–water partition coefficient (Wildman–Crippen LogP) is 3.71. The third-order valence-corrected chi connectivity index (χ3v) is 3.34. The fourth-order valence-electron chi connectivity index (χ4n) is 2.57. The predicted molar refractivity (Wildman–Crippen MR) is 66.2 cm³/mol. The number of nitrogens with zero attached hydrogens (tertiary/aromatic N) is 1. The van der Waals surface area contributed by atoms with Gasteiger partial charge in [-0.1, -0.05) is 45.0 Å². The van der Waals surface area contributed by atoms with E-state index in [1.165, 1.54) is 16.9 Å². The summed E-state index contributed by atoms with van der Waals surface area (Å²) in [5.41, 5.74) is 4.36. The number of para-hydroxylation sites is 1. The molecule has 2 rings (SSSR count). The second-order valence-corrected chi connectivity index (χ2v) is 4.70. The van der Waals surface area contributed by atoms with Gasteiger partial charge in [0.25, 0.3) is 0 Å². The molecule has 0 fully saturated rings. The number of anilines is 1. The summed E-state index contributed by atoms with van der Waals surface area (Å²) in [6.07, 6.45) is 3.43. The van der Waals surface area contributed by atoms with E-state index in [-0.39, 0.29) is 5.41 Å². The van der Waals surface area contributed by atoms with Crippen molar-refractivity contribution in [1.82, 2.24) is 0 Å². The summed E-state index contributed by atoms with van der Waals surface area (Å²) in [7, 11) is 2.16. The molecule has 1 heteroatoms. The van der Waals surface area contributed by atoms with Crippen molar-refractivity contribution >= 4 is 5.69 Å². The summed E-state index contributed by atoms with van der Waals surface area (Å²) in [6, 6.07) is 8.68. The second kappa shape index (κ2) is 3.41. The summed E-state index contributed by atoms with van der Waals surface area (Å²) >= 11 is 0. The minimum Gasteiger partial charge on any atom is -0.347 e. The first-order valence-electron chi connectivity index (χ1n) is 5.63. The quantitative estimate of drug-likeness (QED) is 0.669. The first-order chi connectivity index (χ1) is 7.09. The van der Waals surface area contributed by atoms with Crippen LogP contribution in [0.25, 0.3) is 0 Å². The number of hydrogen-bond donors (Lipinski definition) is 0. The largest absolute Gasteiger partial charge is 0.347 e. The first-order valence-corrected chi connectivity index (χ1v) is 5.63. The van der Waals surface area contributed by atoms with Crippen LogP contribution in [0.5, 0.6) is 0 Å². The molecular formula is C14H19N. The highest BCUT2D eigenvalue weighted by Gasteiger charge is 2.37. The lowest BCUT2D eigenvalue weighted by molar-refractivity contribution is 0.636. The second-order valence-electron chi connectivity index (χ2n) is 4.70. The number of benzene rings is 1. The molecule has 1 aliphatic rings. The van der Waals surface area contributed by atoms with Gasteiger partial charge in [0.2, 0.25) is 0 Å². The van der Waals surface area contributed by atoms with E-state index < -0.39 is 0 Å². The van der Waals surface area contributed by atoms with E-state index in [1.807, 2.05) is 0 Å². The van der Waals surface area contributed by atoms with E-state index in [4.69, 9.17) is 0 Å². The van der Waals surface area contributed by atoms with Gasteiger partial charge in [0.1, 0.15) is 0 Å². The Morgan fingerprint density at radius 1 is 1.27 bits per heavy atom. The lowest BCUT2D eigenvalue weighted by atomic mass is 9.83.